The Morgan fingerprint density at radius 2 is 2.00 bits per heavy atom. The lowest BCUT2D eigenvalue weighted by molar-refractivity contribution is 0.101. The van der Waals surface area contributed by atoms with Gasteiger partial charge < -0.3 is 10.4 Å². The minimum atomic E-state index is -0.916. The summed E-state index contributed by atoms with van der Waals surface area (Å²) in [5, 5.41) is 18.2. The minimum Gasteiger partial charge on any atom is -0.384 e. The number of rotatable bonds is 5. The zero-order chi connectivity index (χ0) is 22.7. The molecule has 0 saturated heterocycles. The van der Waals surface area contributed by atoms with Crippen LogP contribution < -0.4 is 5.32 Å². The number of halogens is 1. The van der Waals surface area contributed by atoms with Crippen molar-refractivity contribution >= 4 is 28.9 Å². The molecule has 2 aromatic heterocycles. The number of hydrogen-bond acceptors (Lipinski definition) is 4. The lowest BCUT2D eigenvalue weighted by Crippen LogP contribution is -2.17. The summed E-state index contributed by atoms with van der Waals surface area (Å²) < 4.78 is 1.49. The smallest absolute Gasteiger partial charge is 0.274 e. The van der Waals surface area contributed by atoms with Crippen molar-refractivity contribution in [3.8, 4) is 5.69 Å². The molecule has 0 spiro atoms. The molecule has 4 aromatic rings. The first-order chi connectivity index (χ1) is 15.5. The van der Waals surface area contributed by atoms with Crippen LogP contribution in [-0.4, -0.2) is 25.8 Å². The monoisotopic (exact) mass is 443 g/mol. The first-order valence-electron chi connectivity index (χ1n) is 9.69. The molecule has 0 aliphatic carbocycles. The minimum absolute atomic E-state index is 0.291. The highest BCUT2D eigenvalue weighted by Crippen LogP contribution is 2.29. The normalized spacial score (nSPS) is 11.6. The van der Waals surface area contributed by atoms with Crippen molar-refractivity contribution < 1.29 is 9.90 Å². The highest BCUT2D eigenvalue weighted by atomic mass is 35.5. The highest BCUT2D eigenvalue weighted by molar-refractivity contribution is 6.34. The summed E-state index contributed by atoms with van der Waals surface area (Å²) in [6.07, 6.45) is 2.29. The Hall–Kier alpha value is -3.99. The number of pyridine rings is 1. The van der Waals surface area contributed by atoms with Crippen molar-refractivity contribution in [2.75, 3.05) is 5.32 Å². The van der Waals surface area contributed by atoms with Gasteiger partial charge in [-0.3, -0.25) is 9.78 Å². The summed E-state index contributed by atoms with van der Waals surface area (Å²) in [6.45, 7) is 8.99. The number of nitrogens with one attached hydrogen (secondary N) is 1. The maximum absolute atomic E-state index is 13.1. The van der Waals surface area contributed by atoms with E-state index < -0.39 is 12.0 Å². The van der Waals surface area contributed by atoms with E-state index in [0.29, 0.717) is 44.6 Å². The molecule has 0 fully saturated rings. The van der Waals surface area contributed by atoms with Gasteiger partial charge in [0.05, 0.1) is 28.7 Å². The van der Waals surface area contributed by atoms with Crippen molar-refractivity contribution in [3.63, 3.8) is 0 Å². The number of benzene rings is 2. The van der Waals surface area contributed by atoms with Gasteiger partial charge in [0.25, 0.3) is 5.91 Å². The first-order valence-corrected chi connectivity index (χ1v) is 10.1. The Balaban J connectivity index is 1.65. The van der Waals surface area contributed by atoms with Gasteiger partial charge in [0, 0.05) is 18.0 Å². The molecule has 0 aliphatic rings. The van der Waals surface area contributed by atoms with Crippen LogP contribution in [0.25, 0.3) is 10.5 Å². The second-order valence-electron chi connectivity index (χ2n) is 7.10. The molecule has 2 N–H and O–H groups in total. The fraction of sp³-hybridized carbons (Fsp3) is 0.0833. The Morgan fingerprint density at radius 1 is 1.16 bits per heavy atom. The summed E-state index contributed by atoms with van der Waals surface area (Å²) >= 11 is 6.32. The number of hydrogen-bond donors (Lipinski definition) is 2. The molecule has 1 atom stereocenters. The number of anilines is 1. The van der Waals surface area contributed by atoms with Crippen LogP contribution in [0.4, 0.5) is 11.4 Å². The van der Waals surface area contributed by atoms with E-state index >= 15 is 0 Å². The van der Waals surface area contributed by atoms with Gasteiger partial charge in [0.2, 0.25) is 0 Å². The van der Waals surface area contributed by atoms with Gasteiger partial charge in [-0.2, -0.15) is 5.10 Å². The van der Waals surface area contributed by atoms with Crippen LogP contribution in [0.15, 0.2) is 73.1 Å². The fourth-order valence-corrected chi connectivity index (χ4v) is 3.44. The number of aliphatic hydroxyl groups is 1. The van der Waals surface area contributed by atoms with E-state index in [2.05, 4.69) is 20.2 Å². The third kappa shape index (κ3) is 4.37. The third-order valence-electron chi connectivity index (χ3n) is 4.82. The standard InChI is InChI=1S/C24H18ClN5O2/c1-15-11-22(30(29-15)19-7-3-6-18(13-19)26-2)24(32)28-21-12-16(8-9-20(21)25)23(31)17-5-4-10-27-14-17/h3-14,23,31H,1H3,(H,28,32). The zero-order valence-electron chi connectivity index (χ0n) is 17.0. The van der Waals surface area contributed by atoms with E-state index in [4.69, 9.17) is 18.2 Å². The molecule has 158 valence electrons. The predicted octanol–water partition coefficient (Wildman–Crippen LogP) is 5.11. The molecule has 4 rings (SSSR count). The van der Waals surface area contributed by atoms with Gasteiger partial charge >= 0.3 is 0 Å². The lowest BCUT2D eigenvalue weighted by atomic mass is 10.0. The van der Waals surface area contributed by atoms with Crippen molar-refractivity contribution in [2.45, 2.75) is 13.0 Å². The van der Waals surface area contributed by atoms with Crippen LogP contribution in [0, 0.1) is 13.5 Å². The Kier molecular flexibility index (Phi) is 5.99. The van der Waals surface area contributed by atoms with Crippen LogP contribution in [0.3, 0.4) is 0 Å². The number of amides is 1. The molecule has 7 nitrogen and oxygen atoms in total. The van der Waals surface area contributed by atoms with Gasteiger partial charge in [0.1, 0.15) is 11.8 Å². The average Bonchev–Trinajstić information content (AvgIpc) is 3.22. The summed E-state index contributed by atoms with van der Waals surface area (Å²) in [4.78, 5) is 20.6. The maximum Gasteiger partial charge on any atom is 0.274 e. The van der Waals surface area contributed by atoms with E-state index in [9.17, 15) is 9.90 Å². The van der Waals surface area contributed by atoms with Crippen molar-refractivity contribution in [2.24, 2.45) is 0 Å². The summed E-state index contributed by atoms with van der Waals surface area (Å²) in [5.41, 5.74) is 3.53. The molecule has 0 saturated carbocycles. The number of aliphatic hydroxyl groups excluding tert-OH is 1. The zero-order valence-corrected chi connectivity index (χ0v) is 17.8. The van der Waals surface area contributed by atoms with Crippen molar-refractivity contribution in [1.82, 2.24) is 14.8 Å². The second-order valence-corrected chi connectivity index (χ2v) is 7.50. The Morgan fingerprint density at radius 3 is 2.75 bits per heavy atom. The lowest BCUT2D eigenvalue weighted by Gasteiger charge is -2.14. The largest absolute Gasteiger partial charge is 0.384 e. The summed E-state index contributed by atoms with van der Waals surface area (Å²) in [6, 6.07) is 17.0. The summed E-state index contributed by atoms with van der Waals surface area (Å²) in [7, 11) is 0. The van der Waals surface area contributed by atoms with Crippen LogP contribution in [0.1, 0.15) is 33.4 Å². The van der Waals surface area contributed by atoms with E-state index in [1.165, 1.54) is 4.68 Å². The van der Waals surface area contributed by atoms with Crippen LogP contribution in [0.5, 0.6) is 0 Å². The topological polar surface area (TPSA) is 84.4 Å². The van der Waals surface area contributed by atoms with Crippen molar-refractivity contribution in [1.29, 1.82) is 0 Å². The summed E-state index contributed by atoms with van der Waals surface area (Å²) in [5.74, 6) is -0.422. The molecule has 1 unspecified atom stereocenters. The number of nitrogens with zero attached hydrogens (tertiary/aromatic N) is 4. The van der Waals surface area contributed by atoms with Gasteiger partial charge in [0.15, 0.2) is 5.69 Å². The third-order valence-corrected chi connectivity index (χ3v) is 5.15. The van der Waals surface area contributed by atoms with E-state index in [1.807, 2.05) is 0 Å². The number of carbonyl (C=O) groups is 1. The molecule has 2 aromatic carbocycles. The van der Waals surface area contributed by atoms with E-state index in [0.717, 1.165) is 0 Å². The number of aromatic nitrogens is 3. The Labute approximate surface area is 189 Å². The van der Waals surface area contributed by atoms with Gasteiger partial charge in [-0.15, -0.1) is 0 Å². The van der Waals surface area contributed by atoms with Crippen LogP contribution >= 0.6 is 11.6 Å². The van der Waals surface area contributed by atoms with E-state index in [-0.39, 0.29) is 0 Å². The van der Waals surface area contributed by atoms with Crippen molar-refractivity contribution in [3.05, 3.63) is 112 Å². The molecule has 1 amide bonds. The molecule has 0 radical (unpaired) electrons. The molecule has 0 aliphatic heterocycles. The maximum atomic E-state index is 13.1. The van der Waals surface area contributed by atoms with Crippen LogP contribution in [-0.2, 0) is 0 Å². The van der Waals surface area contributed by atoms with Crippen LogP contribution in [0.2, 0.25) is 5.02 Å². The Bertz CT molecular complexity index is 1330. The molecular weight excluding hydrogens is 426 g/mol. The molecule has 32 heavy (non-hydrogen) atoms. The molecule has 2 heterocycles. The molecule has 8 heteroatoms. The first kappa shape index (κ1) is 21.2. The number of aryl methyl sites for hydroxylation is 1. The predicted molar refractivity (Wildman–Crippen MR) is 122 cm³/mol. The second kappa shape index (κ2) is 9.02. The fourth-order valence-electron chi connectivity index (χ4n) is 3.28. The van der Waals surface area contributed by atoms with Gasteiger partial charge in [-0.1, -0.05) is 35.9 Å². The number of carbonyl (C=O) groups excluding carboxylic acids is 1. The quantitative estimate of drug-likeness (QED) is 0.419. The SMILES string of the molecule is [C-]#[N+]c1cccc(-n2nc(C)cc2C(=O)Nc2cc(C(O)c3cccnc3)ccc2Cl)c1. The molecule has 0 bridgehead atoms. The van der Waals surface area contributed by atoms with E-state index in [1.54, 1.807) is 80.0 Å². The highest BCUT2D eigenvalue weighted by Gasteiger charge is 2.18. The van der Waals surface area contributed by atoms with Gasteiger partial charge in [-0.05, 0) is 48.9 Å². The molecular formula is C24H18ClN5O2. The average molecular weight is 444 g/mol. The van der Waals surface area contributed by atoms with Gasteiger partial charge in [-0.25, -0.2) is 9.53 Å².